The average molecular weight is 432 g/mol. The number of hydrogen-bond acceptors (Lipinski definition) is 6. The van der Waals surface area contributed by atoms with E-state index in [9.17, 15) is 14.4 Å². The lowest BCUT2D eigenvalue weighted by Crippen LogP contribution is -2.43. The third kappa shape index (κ3) is 4.01. The van der Waals surface area contributed by atoms with Crippen molar-refractivity contribution in [1.82, 2.24) is 5.32 Å². The number of ketones is 1. The van der Waals surface area contributed by atoms with Crippen molar-refractivity contribution >= 4 is 29.3 Å². The lowest BCUT2D eigenvalue weighted by Gasteiger charge is -2.38. The van der Waals surface area contributed by atoms with Gasteiger partial charge in [0.05, 0.1) is 19.3 Å². The zero-order valence-corrected chi connectivity index (χ0v) is 18.3. The molecule has 0 fully saturated rings. The van der Waals surface area contributed by atoms with Crippen molar-refractivity contribution in [3.8, 4) is 0 Å². The predicted molar refractivity (Wildman–Crippen MR) is 113 cm³/mol. The van der Waals surface area contributed by atoms with Gasteiger partial charge in [-0.25, -0.2) is 4.79 Å². The average Bonchev–Trinajstić information content (AvgIpc) is 2.71. The number of halogens is 1. The van der Waals surface area contributed by atoms with Gasteiger partial charge in [-0.15, -0.1) is 0 Å². The second-order valence-electron chi connectivity index (χ2n) is 7.72. The number of dihydropyridines is 1. The fourth-order valence-electron chi connectivity index (χ4n) is 4.21. The first-order valence-electron chi connectivity index (χ1n) is 10.1. The van der Waals surface area contributed by atoms with Gasteiger partial charge >= 0.3 is 11.9 Å². The molecule has 1 aromatic carbocycles. The van der Waals surface area contributed by atoms with E-state index < -0.39 is 23.8 Å². The van der Waals surface area contributed by atoms with Gasteiger partial charge in [0.25, 0.3) is 0 Å². The zero-order chi connectivity index (χ0) is 22.0. The van der Waals surface area contributed by atoms with E-state index in [1.807, 2.05) is 13.8 Å². The third-order valence-electron chi connectivity index (χ3n) is 5.60. The normalized spacial score (nSPS) is 23.6. The van der Waals surface area contributed by atoms with E-state index in [-0.39, 0.29) is 18.3 Å². The van der Waals surface area contributed by atoms with Gasteiger partial charge in [0.1, 0.15) is 5.92 Å². The van der Waals surface area contributed by atoms with Crippen molar-refractivity contribution < 1.29 is 23.9 Å². The van der Waals surface area contributed by atoms with Crippen molar-refractivity contribution in [3.63, 3.8) is 0 Å². The van der Waals surface area contributed by atoms with Crippen LogP contribution in [0, 0.1) is 11.8 Å². The minimum absolute atomic E-state index is 0.219. The molecule has 0 radical (unpaired) electrons. The Balaban J connectivity index is 2.15. The van der Waals surface area contributed by atoms with Crippen molar-refractivity contribution in [1.29, 1.82) is 0 Å². The number of ether oxygens (including phenoxy) is 2. The van der Waals surface area contributed by atoms with Gasteiger partial charge in [-0.2, -0.15) is 0 Å². The molecule has 0 unspecified atom stereocenters. The monoisotopic (exact) mass is 431 g/mol. The maximum absolute atomic E-state index is 13.5. The van der Waals surface area contributed by atoms with Gasteiger partial charge in [-0.05, 0) is 43.4 Å². The van der Waals surface area contributed by atoms with E-state index in [4.69, 9.17) is 21.1 Å². The lowest BCUT2D eigenvalue weighted by atomic mass is 9.69. The Hall–Kier alpha value is -2.60. The summed E-state index contributed by atoms with van der Waals surface area (Å²) in [6, 6.07) is 7.03. The zero-order valence-electron chi connectivity index (χ0n) is 17.6. The highest BCUT2D eigenvalue weighted by Crippen LogP contribution is 2.45. The van der Waals surface area contributed by atoms with E-state index in [1.165, 1.54) is 7.11 Å². The number of Topliss-reactive ketones (excluding diaryl/α,β-unsaturated/α-hetero) is 1. The van der Waals surface area contributed by atoms with E-state index in [0.29, 0.717) is 34.7 Å². The number of methoxy groups -OCH3 is 1. The van der Waals surface area contributed by atoms with Crippen LogP contribution in [0.2, 0.25) is 5.02 Å². The van der Waals surface area contributed by atoms with Gasteiger partial charge in [0.15, 0.2) is 5.78 Å². The van der Waals surface area contributed by atoms with Crippen LogP contribution in [-0.4, -0.2) is 31.4 Å². The summed E-state index contributed by atoms with van der Waals surface area (Å²) in [5.74, 6) is -3.13. The summed E-state index contributed by atoms with van der Waals surface area (Å²) in [4.78, 5) is 38.8. The van der Waals surface area contributed by atoms with Gasteiger partial charge in [-0.3, -0.25) is 9.59 Å². The minimum atomic E-state index is -0.906. The molecule has 6 nitrogen and oxygen atoms in total. The summed E-state index contributed by atoms with van der Waals surface area (Å²) in [7, 11) is 1.28. The summed E-state index contributed by atoms with van der Waals surface area (Å²) in [6.45, 7) is 5.85. The topological polar surface area (TPSA) is 81.7 Å². The summed E-state index contributed by atoms with van der Waals surface area (Å²) in [5, 5.41) is 3.78. The molecule has 1 heterocycles. The van der Waals surface area contributed by atoms with Crippen LogP contribution in [0.4, 0.5) is 0 Å². The van der Waals surface area contributed by atoms with Gasteiger partial charge in [-0.1, -0.05) is 37.6 Å². The summed E-state index contributed by atoms with van der Waals surface area (Å²) >= 11 is 6.06. The van der Waals surface area contributed by atoms with E-state index in [1.54, 1.807) is 31.2 Å². The van der Waals surface area contributed by atoms with Gasteiger partial charge in [0.2, 0.25) is 0 Å². The molecule has 1 aliphatic heterocycles. The Bertz CT molecular complexity index is 931. The van der Waals surface area contributed by atoms with E-state index in [0.717, 1.165) is 11.3 Å². The number of benzene rings is 1. The molecule has 0 aromatic heterocycles. The molecule has 3 rings (SSSR count). The number of carbonyl (C=O) groups excluding carboxylic acids is 3. The van der Waals surface area contributed by atoms with E-state index >= 15 is 0 Å². The fraction of sp³-hybridized carbons (Fsp3) is 0.435. The molecule has 0 bridgehead atoms. The number of allylic oxidation sites excluding steroid dienone is 3. The first-order valence-corrected chi connectivity index (χ1v) is 10.4. The summed E-state index contributed by atoms with van der Waals surface area (Å²) in [5.41, 5.74) is 2.90. The molecule has 1 aliphatic carbocycles. The van der Waals surface area contributed by atoms with Crippen LogP contribution in [0.25, 0.3) is 0 Å². The Kier molecular flexibility index (Phi) is 6.66. The molecule has 160 valence electrons. The van der Waals surface area contributed by atoms with Crippen molar-refractivity contribution in [3.05, 3.63) is 57.4 Å². The molecule has 0 saturated heterocycles. The molecular formula is C23H26ClNO5. The van der Waals surface area contributed by atoms with Crippen LogP contribution in [-0.2, 0) is 23.9 Å². The summed E-state index contributed by atoms with van der Waals surface area (Å²) in [6.07, 6.45) is 1.19. The van der Waals surface area contributed by atoms with Crippen LogP contribution in [0.15, 0.2) is 46.8 Å². The third-order valence-corrected chi connectivity index (χ3v) is 5.86. The second-order valence-corrected chi connectivity index (χ2v) is 8.16. The standard InChI is InChI=1S/C23H26ClNO5/c1-5-10-30-23(28)18-13(3)25-16-11-12(2)17(22(27)29-4)21(26)20(16)19(18)14-6-8-15(24)9-7-14/h6-9,12,17,19,25H,5,10-11H2,1-4H3/t12-,17+,19-/m0/s1. The van der Waals surface area contributed by atoms with Crippen molar-refractivity contribution in [2.24, 2.45) is 11.8 Å². The quantitative estimate of drug-likeness (QED) is 0.562. The highest BCUT2D eigenvalue weighted by molar-refractivity contribution is 6.30. The Morgan fingerprint density at radius 1 is 1.23 bits per heavy atom. The highest BCUT2D eigenvalue weighted by atomic mass is 35.5. The van der Waals surface area contributed by atoms with Crippen molar-refractivity contribution in [2.45, 2.75) is 39.5 Å². The molecule has 7 heteroatoms. The fourth-order valence-corrected chi connectivity index (χ4v) is 4.34. The molecular weight excluding hydrogens is 406 g/mol. The van der Waals surface area contributed by atoms with Gasteiger partial charge in [0, 0.05) is 27.9 Å². The van der Waals surface area contributed by atoms with E-state index in [2.05, 4.69) is 5.32 Å². The highest BCUT2D eigenvalue weighted by Gasteiger charge is 2.47. The first kappa shape index (κ1) is 22.1. The first-order chi connectivity index (χ1) is 14.3. The smallest absolute Gasteiger partial charge is 0.336 e. The Labute approximate surface area is 181 Å². The minimum Gasteiger partial charge on any atom is -0.468 e. The van der Waals surface area contributed by atoms with Crippen LogP contribution in [0.1, 0.15) is 45.1 Å². The molecule has 0 amide bonds. The number of hydrogen-bond donors (Lipinski definition) is 1. The van der Waals surface area contributed by atoms with Crippen LogP contribution in [0.3, 0.4) is 0 Å². The predicted octanol–water partition coefficient (Wildman–Crippen LogP) is 3.91. The molecule has 0 spiro atoms. The summed E-state index contributed by atoms with van der Waals surface area (Å²) < 4.78 is 10.3. The maximum atomic E-state index is 13.5. The number of esters is 2. The molecule has 3 atom stereocenters. The van der Waals surface area contributed by atoms with Crippen molar-refractivity contribution in [2.75, 3.05) is 13.7 Å². The largest absolute Gasteiger partial charge is 0.468 e. The maximum Gasteiger partial charge on any atom is 0.336 e. The van der Waals surface area contributed by atoms with Gasteiger partial charge < -0.3 is 14.8 Å². The molecule has 0 saturated carbocycles. The van der Waals surface area contributed by atoms with Crippen LogP contribution >= 0.6 is 11.6 Å². The molecule has 1 aromatic rings. The molecule has 2 aliphatic rings. The number of carbonyl (C=O) groups is 3. The SMILES string of the molecule is CCCOC(=O)C1=C(C)NC2=C(C(=O)[C@H](C(=O)OC)[C@@H](C)C2)[C@H]1c1ccc(Cl)cc1. The second kappa shape index (κ2) is 9.04. The Morgan fingerprint density at radius 3 is 2.50 bits per heavy atom. The van der Waals surface area contributed by atoms with Crippen LogP contribution < -0.4 is 5.32 Å². The molecule has 30 heavy (non-hydrogen) atoms. The number of nitrogens with one attached hydrogen (secondary N) is 1. The van der Waals surface area contributed by atoms with Crippen LogP contribution in [0.5, 0.6) is 0 Å². The lowest BCUT2D eigenvalue weighted by molar-refractivity contribution is -0.151. The molecule has 1 N–H and O–H groups in total. The number of rotatable bonds is 5. The Morgan fingerprint density at radius 2 is 1.90 bits per heavy atom.